The maximum atomic E-state index is 13.1. The highest BCUT2D eigenvalue weighted by atomic mass is 35.5. The first kappa shape index (κ1) is 18.0. The van der Waals surface area contributed by atoms with Crippen molar-refractivity contribution < 1.29 is 22.3 Å². The molecule has 0 aliphatic carbocycles. The number of aromatic nitrogens is 1. The minimum Gasteiger partial charge on any atom is -0.406 e. The van der Waals surface area contributed by atoms with Gasteiger partial charge in [-0.25, -0.2) is 4.39 Å². The maximum Gasteiger partial charge on any atom is 0.573 e. The van der Waals surface area contributed by atoms with E-state index >= 15 is 0 Å². The normalized spacial score (nSPS) is 11.4. The summed E-state index contributed by atoms with van der Waals surface area (Å²) in [6, 6.07) is 11.5. The molecule has 0 aliphatic heterocycles. The maximum absolute atomic E-state index is 13.1. The first-order valence-corrected chi connectivity index (χ1v) is 7.65. The topological polar surface area (TPSA) is 31.2 Å². The molecule has 0 fully saturated rings. The molecular formula is C18H10ClF4NO2. The molecule has 3 rings (SSSR count). The van der Waals surface area contributed by atoms with Crippen molar-refractivity contribution in [2.24, 2.45) is 0 Å². The van der Waals surface area contributed by atoms with Gasteiger partial charge in [0.1, 0.15) is 11.6 Å². The van der Waals surface area contributed by atoms with Crippen LogP contribution in [0.5, 0.6) is 5.75 Å². The number of pyridine rings is 1. The lowest BCUT2D eigenvalue weighted by Crippen LogP contribution is -2.18. The van der Waals surface area contributed by atoms with E-state index in [1.54, 1.807) is 0 Å². The van der Waals surface area contributed by atoms with Crippen LogP contribution in [0.25, 0.3) is 16.8 Å². The Kier molecular flexibility index (Phi) is 4.73. The van der Waals surface area contributed by atoms with Crippen LogP contribution in [-0.2, 0) is 0 Å². The van der Waals surface area contributed by atoms with Crippen LogP contribution < -0.4 is 10.3 Å². The molecule has 8 heteroatoms. The number of nitrogens with zero attached hydrogens (tertiary/aromatic N) is 1. The van der Waals surface area contributed by atoms with E-state index in [0.29, 0.717) is 16.8 Å². The zero-order valence-electron chi connectivity index (χ0n) is 12.9. The molecule has 3 nitrogen and oxygen atoms in total. The summed E-state index contributed by atoms with van der Waals surface area (Å²) in [6.45, 7) is 0. The van der Waals surface area contributed by atoms with Gasteiger partial charge in [-0.1, -0.05) is 23.7 Å². The molecule has 134 valence electrons. The van der Waals surface area contributed by atoms with Crippen LogP contribution in [0, 0.1) is 5.82 Å². The monoisotopic (exact) mass is 383 g/mol. The van der Waals surface area contributed by atoms with Crippen molar-refractivity contribution in [2.75, 3.05) is 0 Å². The first-order chi connectivity index (χ1) is 12.2. The standard InChI is InChI=1S/C18H10ClF4NO2/c19-16-9-17(25)24(10-15(16)11-1-3-12(20)4-2-11)13-5-7-14(8-6-13)26-18(21,22)23/h1-10H. The van der Waals surface area contributed by atoms with E-state index in [4.69, 9.17) is 11.6 Å². The van der Waals surface area contributed by atoms with Crippen LogP contribution in [0.3, 0.4) is 0 Å². The zero-order chi connectivity index (χ0) is 18.9. The summed E-state index contributed by atoms with van der Waals surface area (Å²) in [5.41, 5.74) is 0.916. The van der Waals surface area contributed by atoms with Gasteiger partial charge < -0.3 is 4.74 Å². The second kappa shape index (κ2) is 6.84. The van der Waals surface area contributed by atoms with E-state index in [9.17, 15) is 22.4 Å². The number of benzene rings is 2. The zero-order valence-corrected chi connectivity index (χ0v) is 13.7. The quantitative estimate of drug-likeness (QED) is 0.582. The van der Waals surface area contributed by atoms with Crippen molar-refractivity contribution in [1.29, 1.82) is 0 Å². The van der Waals surface area contributed by atoms with Gasteiger partial charge in [0.15, 0.2) is 0 Å². The van der Waals surface area contributed by atoms with Crippen LogP contribution in [0.1, 0.15) is 0 Å². The lowest BCUT2D eigenvalue weighted by molar-refractivity contribution is -0.274. The molecule has 0 saturated carbocycles. The lowest BCUT2D eigenvalue weighted by atomic mass is 10.1. The van der Waals surface area contributed by atoms with Crippen molar-refractivity contribution in [1.82, 2.24) is 4.57 Å². The van der Waals surface area contributed by atoms with Gasteiger partial charge in [-0.3, -0.25) is 9.36 Å². The molecule has 0 amide bonds. The number of hydrogen-bond acceptors (Lipinski definition) is 2. The molecule has 1 heterocycles. The van der Waals surface area contributed by atoms with Gasteiger partial charge in [-0.15, -0.1) is 13.2 Å². The molecule has 0 radical (unpaired) electrons. The highest BCUT2D eigenvalue weighted by molar-refractivity contribution is 6.33. The van der Waals surface area contributed by atoms with Gasteiger partial charge in [0.05, 0.1) is 5.02 Å². The van der Waals surface area contributed by atoms with Crippen LogP contribution in [-0.4, -0.2) is 10.9 Å². The number of halogens is 5. The fourth-order valence-electron chi connectivity index (χ4n) is 2.36. The van der Waals surface area contributed by atoms with Gasteiger partial charge in [0.25, 0.3) is 5.56 Å². The largest absolute Gasteiger partial charge is 0.573 e. The van der Waals surface area contributed by atoms with Gasteiger partial charge in [0.2, 0.25) is 0 Å². The smallest absolute Gasteiger partial charge is 0.406 e. The van der Waals surface area contributed by atoms with Crippen molar-refractivity contribution >= 4 is 11.6 Å². The van der Waals surface area contributed by atoms with E-state index in [1.807, 2.05) is 0 Å². The number of rotatable bonds is 3. The van der Waals surface area contributed by atoms with Crippen molar-refractivity contribution in [3.8, 4) is 22.6 Å². The minimum absolute atomic E-state index is 0.176. The summed E-state index contributed by atoms with van der Waals surface area (Å²) in [5, 5.41) is 0.176. The van der Waals surface area contributed by atoms with E-state index < -0.39 is 23.5 Å². The molecule has 0 N–H and O–H groups in total. The molecule has 0 spiro atoms. The number of hydrogen-bond donors (Lipinski definition) is 0. The van der Waals surface area contributed by atoms with E-state index in [-0.39, 0.29) is 5.02 Å². The number of alkyl halides is 3. The summed E-state index contributed by atoms with van der Waals surface area (Å²) in [5.74, 6) is -0.819. The van der Waals surface area contributed by atoms with Crippen molar-refractivity contribution in [3.05, 3.63) is 82.0 Å². The molecule has 0 unspecified atom stereocenters. The number of ether oxygens (including phenoxy) is 1. The van der Waals surface area contributed by atoms with Crippen LogP contribution in [0.2, 0.25) is 5.02 Å². The molecule has 26 heavy (non-hydrogen) atoms. The minimum atomic E-state index is -4.80. The summed E-state index contributed by atoms with van der Waals surface area (Å²) in [6.07, 6.45) is -3.36. The van der Waals surface area contributed by atoms with Gasteiger partial charge in [0, 0.05) is 23.5 Å². The molecule has 0 atom stereocenters. The lowest BCUT2D eigenvalue weighted by Gasteiger charge is -2.12. The third kappa shape index (κ3) is 4.05. The Morgan fingerprint density at radius 1 is 0.962 bits per heavy atom. The molecular weight excluding hydrogens is 374 g/mol. The van der Waals surface area contributed by atoms with Crippen molar-refractivity contribution in [2.45, 2.75) is 6.36 Å². The molecule has 0 bridgehead atoms. The second-order valence-electron chi connectivity index (χ2n) is 5.29. The van der Waals surface area contributed by atoms with E-state index in [0.717, 1.165) is 12.1 Å². The Balaban J connectivity index is 2.01. The summed E-state index contributed by atoms with van der Waals surface area (Å²) in [4.78, 5) is 12.2. The Labute approximate surface area is 150 Å². The third-order valence-corrected chi connectivity index (χ3v) is 3.82. The van der Waals surface area contributed by atoms with Gasteiger partial charge >= 0.3 is 6.36 Å². The van der Waals surface area contributed by atoms with Gasteiger partial charge in [-0.2, -0.15) is 0 Å². The second-order valence-corrected chi connectivity index (χ2v) is 5.70. The first-order valence-electron chi connectivity index (χ1n) is 7.27. The molecule has 0 saturated heterocycles. The summed E-state index contributed by atoms with van der Waals surface area (Å²) < 4.78 is 54.8. The van der Waals surface area contributed by atoms with Gasteiger partial charge in [-0.05, 0) is 42.0 Å². The molecule has 2 aromatic carbocycles. The Hall–Kier alpha value is -2.80. The Bertz CT molecular complexity index is 980. The highest BCUT2D eigenvalue weighted by Crippen LogP contribution is 2.28. The van der Waals surface area contributed by atoms with Crippen molar-refractivity contribution in [3.63, 3.8) is 0 Å². The summed E-state index contributed by atoms with van der Waals surface area (Å²) in [7, 11) is 0. The summed E-state index contributed by atoms with van der Waals surface area (Å²) >= 11 is 6.11. The molecule has 0 aliphatic rings. The molecule has 1 aromatic heterocycles. The average molecular weight is 384 g/mol. The molecule has 3 aromatic rings. The average Bonchev–Trinajstić information content (AvgIpc) is 2.56. The predicted octanol–water partition coefficient (Wildman–Crippen LogP) is 5.20. The fraction of sp³-hybridized carbons (Fsp3) is 0.0556. The Morgan fingerprint density at radius 2 is 1.58 bits per heavy atom. The van der Waals surface area contributed by atoms with Crippen LogP contribution in [0.4, 0.5) is 17.6 Å². The Morgan fingerprint density at radius 3 is 2.15 bits per heavy atom. The van der Waals surface area contributed by atoms with Crippen LogP contribution >= 0.6 is 11.6 Å². The van der Waals surface area contributed by atoms with Crippen LogP contribution in [0.15, 0.2) is 65.6 Å². The highest BCUT2D eigenvalue weighted by Gasteiger charge is 2.31. The van der Waals surface area contributed by atoms with E-state index in [2.05, 4.69) is 4.74 Å². The SMILES string of the molecule is O=c1cc(Cl)c(-c2ccc(F)cc2)cn1-c1ccc(OC(F)(F)F)cc1. The fourth-order valence-corrected chi connectivity index (χ4v) is 2.61. The predicted molar refractivity (Wildman–Crippen MR) is 89.1 cm³/mol. The third-order valence-electron chi connectivity index (χ3n) is 3.51. The van der Waals surface area contributed by atoms with E-state index in [1.165, 1.54) is 53.2 Å².